The van der Waals surface area contributed by atoms with E-state index in [9.17, 15) is 4.39 Å². The Labute approximate surface area is 101 Å². The number of hydrogen-bond donors (Lipinski definition) is 0. The third-order valence-electron chi connectivity index (χ3n) is 3.06. The van der Waals surface area contributed by atoms with Crippen LogP contribution >= 0.6 is 0 Å². The van der Waals surface area contributed by atoms with E-state index in [0.29, 0.717) is 0 Å². The van der Waals surface area contributed by atoms with E-state index in [1.165, 1.54) is 6.07 Å². The van der Waals surface area contributed by atoms with Crippen LogP contribution in [0.15, 0.2) is 24.4 Å². The summed E-state index contributed by atoms with van der Waals surface area (Å²) in [4.78, 5) is 0. The van der Waals surface area contributed by atoms with Crippen LogP contribution in [-0.2, 0) is 17.7 Å². The maximum absolute atomic E-state index is 13.8. The first kappa shape index (κ1) is 12.1. The van der Waals surface area contributed by atoms with E-state index in [4.69, 9.17) is 4.74 Å². The molecule has 0 aliphatic heterocycles. The third kappa shape index (κ3) is 2.34. The summed E-state index contributed by atoms with van der Waals surface area (Å²) >= 11 is 0. The number of ether oxygens (including phenoxy) is 1. The van der Waals surface area contributed by atoms with E-state index in [0.717, 1.165) is 42.5 Å². The first-order chi connectivity index (χ1) is 8.27. The second-order valence-corrected chi connectivity index (χ2v) is 4.18. The van der Waals surface area contributed by atoms with Crippen LogP contribution in [0.1, 0.15) is 18.9 Å². The average Bonchev–Trinajstić information content (AvgIpc) is 2.70. The number of methoxy groups -OCH3 is 1. The minimum absolute atomic E-state index is 0.121. The van der Waals surface area contributed by atoms with Crippen molar-refractivity contribution in [3.8, 4) is 0 Å². The van der Waals surface area contributed by atoms with Crippen molar-refractivity contribution in [3.05, 3.63) is 35.8 Å². The highest BCUT2D eigenvalue weighted by Crippen LogP contribution is 2.25. The van der Waals surface area contributed by atoms with Crippen LogP contribution in [0.2, 0.25) is 0 Å². The summed E-state index contributed by atoms with van der Waals surface area (Å²) in [6.07, 6.45) is 3.86. The minimum atomic E-state index is -0.121. The fraction of sp³-hybridized carbons (Fsp3) is 0.429. The Balaban J connectivity index is 2.39. The van der Waals surface area contributed by atoms with Crippen LogP contribution in [0.4, 0.5) is 4.39 Å². The van der Waals surface area contributed by atoms with E-state index in [-0.39, 0.29) is 5.82 Å². The van der Waals surface area contributed by atoms with Crippen molar-refractivity contribution in [3.63, 3.8) is 0 Å². The molecule has 1 heterocycles. The molecule has 92 valence electrons. The number of fused-ring (bicyclic) bond motifs is 1. The maximum Gasteiger partial charge on any atom is 0.132 e. The van der Waals surface area contributed by atoms with Gasteiger partial charge in [-0.05, 0) is 30.5 Å². The topological polar surface area (TPSA) is 14.2 Å². The van der Waals surface area contributed by atoms with Gasteiger partial charge >= 0.3 is 0 Å². The van der Waals surface area contributed by atoms with Crippen molar-refractivity contribution in [1.29, 1.82) is 0 Å². The van der Waals surface area contributed by atoms with Gasteiger partial charge in [0, 0.05) is 31.8 Å². The minimum Gasteiger partial charge on any atom is -0.385 e. The molecule has 17 heavy (non-hydrogen) atoms. The van der Waals surface area contributed by atoms with Gasteiger partial charge in [0.15, 0.2) is 0 Å². The Morgan fingerprint density at radius 3 is 2.88 bits per heavy atom. The molecule has 0 N–H and O–H groups in total. The van der Waals surface area contributed by atoms with E-state index in [1.54, 1.807) is 13.2 Å². The molecule has 2 aromatic rings. The highest BCUT2D eigenvalue weighted by atomic mass is 19.1. The SMILES string of the molecule is CCc1cn(CCCOC)c2cccc(F)c12. The van der Waals surface area contributed by atoms with Crippen molar-refractivity contribution in [2.45, 2.75) is 26.3 Å². The average molecular weight is 235 g/mol. The standard InChI is InChI=1S/C14H18FNO/c1-3-11-10-16(8-5-9-17-2)13-7-4-6-12(15)14(11)13/h4,6-7,10H,3,5,8-9H2,1-2H3. The summed E-state index contributed by atoms with van der Waals surface area (Å²) in [6.45, 7) is 3.66. The molecule has 0 unspecified atom stereocenters. The predicted octanol–water partition coefficient (Wildman–Crippen LogP) is 3.38. The molecule has 0 atom stereocenters. The molecular formula is C14H18FNO. The van der Waals surface area contributed by atoms with Crippen molar-refractivity contribution in [2.24, 2.45) is 0 Å². The maximum atomic E-state index is 13.8. The Bertz CT molecular complexity index is 504. The first-order valence-electron chi connectivity index (χ1n) is 6.03. The Morgan fingerprint density at radius 1 is 1.35 bits per heavy atom. The van der Waals surface area contributed by atoms with Crippen molar-refractivity contribution in [2.75, 3.05) is 13.7 Å². The summed E-state index contributed by atoms with van der Waals surface area (Å²) in [5.41, 5.74) is 2.06. The van der Waals surface area contributed by atoms with E-state index < -0.39 is 0 Å². The van der Waals surface area contributed by atoms with Gasteiger partial charge in [-0.1, -0.05) is 13.0 Å². The third-order valence-corrected chi connectivity index (χ3v) is 3.06. The van der Waals surface area contributed by atoms with Gasteiger partial charge in [0.1, 0.15) is 5.82 Å². The highest BCUT2D eigenvalue weighted by Gasteiger charge is 2.10. The Kier molecular flexibility index (Phi) is 3.79. The lowest BCUT2D eigenvalue weighted by Gasteiger charge is -2.04. The van der Waals surface area contributed by atoms with Crippen LogP contribution in [0, 0.1) is 5.82 Å². The molecule has 2 rings (SSSR count). The second kappa shape index (κ2) is 5.32. The molecular weight excluding hydrogens is 217 g/mol. The summed E-state index contributed by atoms with van der Waals surface area (Å²) < 4.78 is 21.0. The van der Waals surface area contributed by atoms with Gasteiger partial charge in [-0.2, -0.15) is 0 Å². The van der Waals surface area contributed by atoms with Gasteiger partial charge in [-0.15, -0.1) is 0 Å². The molecule has 0 fully saturated rings. The molecule has 0 saturated carbocycles. The van der Waals surface area contributed by atoms with Crippen LogP contribution in [-0.4, -0.2) is 18.3 Å². The molecule has 0 spiro atoms. The van der Waals surface area contributed by atoms with Crippen LogP contribution in [0.25, 0.3) is 10.9 Å². The quantitative estimate of drug-likeness (QED) is 0.725. The lowest BCUT2D eigenvalue weighted by Crippen LogP contribution is -1.99. The number of halogens is 1. The Morgan fingerprint density at radius 2 is 2.18 bits per heavy atom. The zero-order chi connectivity index (χ0) is 12.3. The van der Waals surface area contributed by atoms with Gasteiger partial charge in [-0.25, -0.2) is 4.39 Å². The number of benzene rings is 1. The molecule has 1 aromatic carbocycles. The zero-order valence-corrected chi connectivity index (χ0v) is 10.4. The van der Waals surface area contributed by atoms with E-state index >= 15 is 0 Å². The van der Waals surface area contributed by atoms with Crippen molar-refractivity contribution < 1.29 is 9.13 Å². The van der Waals surface area contributed by atoms with Gasteiger partial charge in [0.25, 0.3) is 0 Å². The Hall–Kier alpha value is -1.35. The van der Waals surface area contributed by atoms with E-state index in [1.807, 2.05) is 6.07 Å². The largest absolute Gasteiger partial charge is 0.385 e. The van der Waals surface area contributed by atoms with Crippen LogP contribution in [0.5, 0.6) is 0 Å². The fourth-order valence-corrected chi connectivity index (χ4v) is 2.22. The predicted molar refractivity (Wildman–Crippen MR) is 67.8 cm³/mol. The molecule has 0 aliphatic rings. The number of hydrogen-bond acceptors (Lipinski definition) is 1. The molecule has 3 heteroatoms. The normalized spacial score (nSPS) is 11.2. The first-order valence-corrected chi connectivity index (χ1v) is 6.03. The summed E-state index contributed by atoms with van der Waals surface area (Å²) in [5, 5.41) is 0.771. The van der Waals surface area contributed by atoms with Crippen molar-refractivity contribution >= 4 is 10.9 Å². The molecule has 0 saturated heterocycles. The summed E-state index contributed by atoms with van der Waals surface area (Å²) in [5.74, 6) is -0.121. The number of aromatic nitrogens is 1. The van der Waals surface area contributed by atoms with Gasteiger partial charge in [0.2, 0.25) is 0 Å². The molecule has 0 radical (unpaired) electrons. The number of nitrogens with zero attached hydrogens (tertiary/aromatic N) is 1. The van der Waals surface area contributed by atoms with Gasteiger partial charge < -0.3 is 9.30 Å². The smallest absolute Gasteiger partial charge is 0.132 e. The summed E-state index contributed by atoms with van der Waals surface area (Å²) in [6, 6.07) is 5.27. The number of rotatable bonds is 5. The van der Waals surface area contributed by atoms with Gasteiger partial charge in [-0.3, -0.25) is 0 Å². The second-order valence-electron chi connectivity index (χ2n) is 4.18. The number of aryl methyl sites for hydroxylation is 2. The van der Waals surface area contributed by atoms with Gasteiger partial charge in [0.05, 0.1) is 5.52 Å². The molecule has 0 amide bonds. The lowest BCUT2D eigenvalue weighted by molar-refractivity contribution is 0.190. The molecule has 1 aromatic heterocycles. The lowest BCUT2D eigenvalue weighted by atomic mass is 10.1. The monoisotopic (exact) mass is 235 g/mol. The summed E-state index contributed by atoms with van der Waals surface area (Å²) in [7, 11) is 1.70. The molecule has 0 bridgehead atoms. The zero-order valence-electron chi connectivity index (χ0n) is 10.4. The fourth-order valence-electron chi connectivity index (χ4n) is 2.22. The highest BCUT2D eigenvalue weighted by molar-refractivity contribution is 5.84. The molecule has 2 nitrogen and oxygen atoms in total. The van der Waals surface area contributed by atoms with Crippen LogP contribution in [0.3, 0.4) is 0 Å². The van der Waals surface area contributed by atoms with Crippen LogP contribution < -0.4 is 0 Å². The van der Waals surface area contributed by atoms with E-state index in [2.05, 4.69) is 17.7 Å². The molecule has 0 aliphatic carbocycles. The van der Waals surface area contributed by atoms with Crippen molar-refractivity contribution in [1.82, 2.24) is 4.57 Å².